The van der Waals surface area contributed by atoms with Crippen molar-refractivity contribution in [2.24, 2.45) is 0 Å². The molecule has 0 radical (unpaired) electrons. The molecule has 1 aliphatic rings. The predicted octanol–water partition coefficient (Wildman–Crippen LogP) is 6.16. The van der Waals surface area contributed by atoms with E-state index in [2.05, 4.69) is 11.9 Å². The Labute approximate surface area is 222 Å². The fourth-order valence-electron chi connectivity index (χ4n) is 4.42. The quantitative estimate of drug-likeness (QED) is 0.181. The molecule has 4 aromatic rings. The summed E-state index contributed by atoms with van der Waals surface area (Å²) in [4.78, 5) is 33.1. The van der Waals surface area contributed by atoms with E-state index < -0.39 is 17.7 Å². The minimum atomic E-state index is -1.01. The highest BCUT2D eigenvalue weighted by Crippen LogP contribution is 2.47. The van der Waals surface area contributed by atoms with Gasteiger partial charge in [-0.15, -0.1) is 0 Å². The van der Waals surface area contributed by atoms with Crippen LogP contribution in [-0.4, -0.2) is 36.0 Å². The Bertz CT molecular complexity index is 1560. The van der Waals surface area contributed by atoms with Gasteiger partial charge in [0.15, 0.2) is 5.13 Å². The SMILES string of the molecule is CCc1ccc2nc(N3C(=O)C(=O)/C(=C(/O)c4ccc(Cl)cc4)C3c3cc(OC)ccc3OC)sc2c1. The highest BCUT2D eigenvalue weighted by Gasteiger charge is 2.49. The van der Waals surface area contributed by atoms with Gasteiger partial charge in [-0.3, -0.25) is 14.5 Å². The number of nitrogens with zero attached hydrogens (tertiary/aromatic N) is 2. The lowest BCUT2D eigenvalue weighted by molar-refractivity contribution is -0.132. The van der Waals surface area contributed by atoms with Crippen LogP contribution in [0.15, 0.2) is 66.2 Å². The molecule has 2 heterocycles. The van der Waals surface area contributed by atoms with Gasteiger partial charge in [0, 0.05) is 16.1 Å². The number of rotatable bonds is 6. The molecule has 37 heavy (non-hydrogen) atoms. The summed E-state index contributed by atoms with van der Waals surface area (Å²) in [6.07, 6.45) is 0.857. The number of carbonyl (C=O) groups is 2. The third-order valence-corrected chi connectivity index (χ3v) is 7.62. The summed E-state index contributed by atoms with van der Waals surface area (Å²) in [7, 11) is 3.02. The number of Topliss-reactive ketones (excluding diaryl/α,β-unsaturated/α-hetero) is 1. The molecule has 0 saturated carbocycles. The fourth-order valence-corrected chi connectivity index (χ4v) is 5.60. The number of benzene rings is 3. The number of anilines is 1. The predicted molar refractivity (Wildman–Crippen MR) is 145 cm³/mol. The smallest absolute Gasteiger partial charge is 0.301 e. The first kappa shape index (κ1) is 24.8. The number of carbonyl (C=O) groups excluding carboxylic acids is 2. The maximum Gasteiger partial charge on any atom is 0.301 e. The topological polar surface area (TPSA) is 89.0 Å². The average molecular weight is 535 g/mol. The van der Waals surface area contributed by atoms with E-state index in [0.29, 0.717) is 38.3 Å². The van der Waals surface area contributed by atoms with Gasteiger partial charge in [0.25, 0.3) is 5.78 Å². The summed E-state index contributed by atoms with van der Waals surface area (Å²) < 4.78 is 11.9. The van der Waals surface area contributed by atoms with Gasteiger partial charge in [0.1, 0.15) is 23.3 Å². The van der Waals surface area contributed by atoms with Crippen LogP contribution in [0.3, 0.4) is 0 Å². The maximum atomic E-state index is 13.5. The minimum Gasteiger partial charge on any atom is -0.507 e. The summed E-state index contributed by atoms with van der Waals surface area (Å²) in [5.41, 5.74) is 2.61. The molecule has 1 aromatic heterocycles. The van der Waals surface area contributed by atoms with Gasteiger partial charge in [-0.1, -0.05) is 35.9 Å². The number of aliphatic hydroxyl groups is 1. The van der Waals surface area contributed by atoms with Gasteiger partial charge in [0.05, 0.1) is 30.0 Å². The summed E-state index contributed by atoms with van der Waals surface area (Å²) in [5, 5.41) is 12.2. The van der Waals surface area contributed by atoms with Crippen molar-refractivity contribution < 1.29 is 24.2 Å². The monoisotopic (exact) mass is 534 g/mol. The molecule has 0 aliphatic carbocycles. The number of amides is 1. The van der Waals surface area contributed by atoms with Crippen molar-refractivity contribution in [1.29, 1.82) is 0 Å². The third-order valence-electron chi connectivity index (χ3n) is 6.35. The van der Waals surface area contributed by atoms with Crippen LogP contribution in [-0.2, 0) is 16.0 Å². The normalized spacial score (nSPS) is 17.0. The first-order valence-electron chi connectivity index (χ1n) is 11.5. The van der Waals surface area contributed by atoms with E-state index in [1.165, 1.54) is 30.5 Å². The van der Waals surface area contributed by atoms with Crippen LogP contribution in [0.4, 0.5) is 5.13 Å². The molecule has 9 heteroatoms. The first-order chi connectivity index (χ1) is 17.9. The maximum absolute atomic E-state index is 13.5. The number of aryl methyl sites for hydroxylation is 1. The summed E-state index contributed by atoms with van der Waals surface area (Å²) in [6, 6.07) is 16.4. The number of methoxy groups -OCH3 is 2. The lowest BCUT2D eigenvalue weighted by atomic mass is 9.94. The van der Waals surface area contributed by atoms with Gasteiger partial charge < -0.3 is 14.6 Å². The molecule has 5 rings (SSSR count). The van der Waals surface area contributed by atoms with Crippen molar-refractivity contribution in [2.45, 2.75) is 19.4 Å². The zero-order valence-electron chi connectivity index (χ0n) is 20.3. The van der Waals surface area contributed by atoms with Crippen molar-refractivity contribution >= 4 is 55.7 Å². The van der Waals surface area contributed by atoms with E-state index in [-0.39, 0.29) is 11.3 Å². The van der Waals surface area contributed by atoms with Gasteiger partial charge >= 0.3 is 5.91 Å². The second-order valence-corrected chi connectivity index (χ2v) is 9.88. The molecule has 1 fully saturated rings. The number of ether oxygens (including phenoxy) is 2. The van der Waals surface area contributed by atoms with Gasteiger partial charge in [-0.05, 0) is 66.6 Å². The number of thiazole rings is 1. The van der Waals surface area contributed by atoms with E-state index in [1.807, 2.05) is 18.2 Å². The number of aliphatic hydroxyl groups excluding tert-OH is 1. The number of aromatic nitrogens is 1. The Morgan fingerprint density at radius 1 is 1.05 bits per heavy atom. The van der Waals surface area contributed by atoms with E-state index in [1.54, 1.807) is 42.5 Å². The van der Waals surface area contributed by atoms with Crippen LogP contribution < -0.4 is 14.4 Å². The van der Waals surface area contributed by atoms with Crippen LogP contribution in [0, 0.1) is 0 Å². The van der Waals surface area contributed by atoms with E-state index in [4.69, 9.17) is 21.1 Å². The van der Waals surface area contributed by atoms with Crippen LogP contribution in [0.5, 0.6) is 11.5 Å². The Morgan fingerprint density at radius 3 is 2.49 bits per heavy atom. The molecular weight excluding hydrogens is 512 g/mol. The zero-order chi connectivity index (χ0) is 26.3. The van der Waals surface area contributed by atoms with Crippen molar-refractivity contribution in [3.63, 3.8) is 0 Å². The minimum absolute atomic E-state index is 0.0765. The van der Waals surface area contributed by atoms with Gasteiger partial charge in [0.2, 0.25) is 0 Å². The Balaban J connectivity index is 1.77. The molecule has 1 N–H and O–H groups in total. The molecule has 1 saturated heterocycles. The largest absolute Gasteiger partial charge is 0.507 e. The van der Waals surface area contributed by atoms with E-state index >= 15 is 0 Å². The number of fused-ring (bicyclic) bond motifs is 1. The molecule has 1 unspecified atom stereocenters. The lowest BCUT2D eigenvalue weighted by Crippen LogP contribution is -2.29. The molecule has 1 atom stereocenters. The van der Waals surface area contributed by atoms with Crippen LogP contribution in [0.2, 0.25) is 5.02 Å². The molecule has 7 nitrogen and oxygen atoms in total. The van der Waals surface area contributed by atoms with E-state index in [0.717, 1.165) is 16.7 Å². The summed E-state index contributed by atoms with van der Waals surface area (Å²) in [6.45, 7) is 2.06. The lowest BCUT2D eigenvalue weighted by Gasteiger charge is -2.25. The molecule has 0 spiro atoms. The van der Waals surface area contributed by atoms with Crippen LogP contribution in [0.25, 0.3) is 16.0 Å². The Hall–Kier alpha value is -3.88. The number of hydrogen-bond acceptors (Lipinski definition) is 7. The first-order valence-corrected chi connectivity index (χ1v) is 12.7. The molecular formula is C28H23ClN2O5S. The molecule has 1 amide bonds. The second kappa shape index (κ2) is 9.88. The fraction of sp³-hybridized carbons (Fsp3) is 0.179. The summed E-state index contributed by atoms with van der Waals surface area (Å²) >= 11 is 7.34. The van der Waals surface area contributed by atoms with Crippen molar-refractivity contribution in [3.05, 3.63) is 87.9 Å². The van der Waals surface area contributed by atoms with Gasteiger partial charge in [-0.25, -0.2) is 4.98 Å². The van der Waals surface area contributed by atoms with Crippen molar-refractivity contribution in [1.82, 2.24) is 4.98 Å². The standard InChI is InChI=1S/C28H23ClN2O5S/c1-4-15-5-11-20-22(13-15)37-28(30-20)31-24(19-14-18(35-2)10-12-21(19)36-3)23(26(33)27(31)34)25(32)16-6-8-17(29)9-7-16/h5-14,24,32H,4H2,1-3H3/b25-23+. The molecule has 0 bridgehead atoms. The molecule has 188 valence electrons. The summed E-state index contributed by atoms with van der Waals surface area (Å²) in [5.74, 6) is -1.00. The Morgan fingerprint density at radius 2 is 1.81 bits per heavy atom. The van der Waals surface area contributed by atoms with Crippen LogP contribution >= 0.6 is 22.9 Å². The van der Waals surface area contributed by atoms with Crippen molar-refractivity contribution in [3.8, 4) is 11.5 Å². The number of halogens is 1. The Kier molecular flexibility index (Phi) is 6.62. The number of ketones is 1. The highest BCUT2D eigenvalue weighted by molar-refractivity contribution is 7.22. The average Bonchev–Trinajstić information content (AvgIpc) is 3.45. The molecule has 3 aromatic carbocycles. The number of hydrogen-bond donors (Lipinski definition) is 1. The van der Waals surface area contributed by atoms with Crippen LogP contribution in [0.1, 0.15) is 29.7 Å². The zero-order valence-corrected chi connectivity index (χ0v) is 21.9. The van der Waals surface area contributed by atoms with E-state index in [9.17, 15) is 14.7 Å². The van der Waals surface area contributed by atoms with Crippen molar-refractivity contribution in [2.75, 3.05) is 19.1 Å². The highest BCUT2D eigenvalue weighted by atomic mass is 35.5. The van der Waals surface area contributed by atoms with Gasteiger partial charge in [-0.2, -0.15) is 0 Å². The molecule has 1 aliphatic heterocycles. The second-order valence-electron chi connectivity index (χ2n) is 8.44. The third kappa shape index (κ3) is 4.32.